The van der Waals surface area contributed by atoms with E-state index in [0.717, 1.165) is 29.9 Å². The maximum atomic E-state index is 12.9. The lowest BCUT2D eigenvalue weighted by Gasteiger charge is -2.17. The maximum absolute atomic E-state index is 12.9. The van der Waals surface area contributed by atoms with Crippen LogP contribution in [0.1, 0.15) is 31.4 Å². The topological polar surface area (TPSA) is 32.7 Å². The number of aliphatic imine (C=N–C) groups is 1. The molecular formula is C20H21IN2O. The number of nitrogens with zero attached hydrogens (tertiary/aromatic N) is 2. The monoisotopic (exact) mass is 432 g/mol. The van der Waals surface area contributed by atoms with Crippen molar-refractivity contribution >= 4 is 45.6 Å². The average molecular weight is 432 g/mol. The molecule has 24 heavy (non-hydrogen) atoms. The van der Waals surface area contributed by atoms with Gasteiger partial charge >= 0.3 is 0 Å². The van der Waals surface area contributed by atoms with Crippen LogP contribution in [0.4, 0.5) is 11.4 Å². The van der Waals surface area contributed by atoms with Crippen molar-refractivity contribution in [2.24, 2.45) is 10.9 Å². The van der Waals surface area contributed by atoms with Crippen molar-refractivity contribution in [2.75, 3.05) is 11.4 Å². The van der Waals surface area contributed by atoms with Crippen molar-refractivity contribution in [3.05, 3.63) is 57.2 Å². The number of halogens is 1. The Morgan fingerprint density at radius 1 is 1.17 bits per heavy atom. The van der Waals surface area contributed by atoms with Crippen molar-refractivity contribution in [1.29, 1.82) is 0 Å². The number of hydrogen-bond acceptors (Lipinski definition) is 2. The lowest BCUT2D eigenvalue weighted by atomic mass is 10.1. The number of aryl methyl sites for hydroxylation is 1. The van der Waals surface area contributed by atoms with E-state index in [4.69, 9.17) is 0 Å². The summed E-state index contributed by atoms with van der Waals surface area (Å²) in [6, 6.07) is 14.0. The second-order valence-corrected chi connectivity index (χ2v) is 7.71. The van der Waals surface area contributed by atoms with Crippen molar-refractivity contribution in [3.8, 4) is 0 Å². The van der Waals surface area contributed by atoms with E-state index in [0.29, 0.717) is 11.6 Å². The van der Waals surface area contributed by atoms with Crippen molar-refractivity contribution in [3.63, 3.8) is 0 Å². The Labute approximate surface area is 156 Å². The standard InChI is InChI=1S/C20H21IN2O/c1-13(2)10-11-23-18-7-5-4-6-16(18)19(20(23)24)22-15-8-9-17(21)14(3)12-15/h4-9,12-13H,10-11H2,1-3H3. The molecule has 3 nitrogen and oxygen atoms in total. The Hall–Kier alpha value is -1.69. The molecule has 0 unspecified atom stereocenters. The molecule has 1 aliphatic rings. The highest BCUT2D eigenvalue weighted by molar-refractivity contribution is 14.1. The molecule has 0 radical (unpaired) electrons. The zero-order valence-electron chi connectivity index (χ0n) is 14.2. The summed E-state index contributed by atoms with van der Waals surface area (Å²) in [5.41, 5.74) is 4.46. The molecule has 1 amide bonds. The Balaban J connectivity index is 2.00. The summed E-state index contributed by atoms with van der Waals surface area (Å²) in [6.45, 7) is 7.15. The van der Waals surface area contributed by atoms with E-state index in [2.05, 4.69) is 48.4 Å². The highest BCUT2D eigenvalue weighted by Crippen LogP contribution is 2.31. The number of rotatable bonds is 4. The molecule has 0 saturated carbocycles. The van der Waals surface area contributed by atoms with E-state index in [1.807, 2.05) is 47.4 Å². The Morgan fingerprint density at radius 2 is 1.92 bits per heavy atom. The van der Waals surface area contributed by atoms with Crippen molar-refractivity contribution in [1.82, 2.24) is 0 Å². The molecule has 1 aliphatic heterocycles. The highest BCUT2D eigenvalue weighted by Gasteiger charge is 2.33. The second-order valence-electron chi connectivity index (χ2n) is 6.55. The third-order valence-electron chi connectivity index (χ3n) is 4.21. The van der Waals surface area contributed by atoms with Gasteiger partial charge in [-0.2, -0.15) is 0 Å². The average Bonchev–Trinajstić information content (AvgIpc) is 2.81. The number of carbonyl (C=O) groups is 1. The lowest BCUT2D eigenvalue weighted by molar-refractivity contribution is -0.112. The number of benzene rings is 2. The van der Waals surface area contributed by atoms with Crippen LogP contribution in [0.2, 0.25) is 0 Å². The van der Waals surface area contributed by atoms with Crippen molar-refractivity contribution < 1.29 is 4.79 Å². The third kappa shape index (κ3) is 3.38. The Morgan fingerprint density at radius 3 is 2.62 bits per heavy atom. The van der Waals surface area contributed by atoms with Crippen LogP contribution < -0.4 is 4.90 Å². The fraction of sp³-hybridized carbons (Fsp3) is 0.300. The van der Waals surface area contributed by atoms with Gasteiger partial charge in [-0.15, -0.1) is 0 Å². The van der Waals surface area contributed by atoms with Crippen LogP contribution >= 0.6 is 22.6 Å². The fourth-order valence-electron chi connectivity index (χ4n) is 2.81. The summed E-state index contributed by atoms with van der Waals surface area (Å²) in [5, 5.41) is 0. The molecule has 2 aromatic rings. The van der Waals surface area contributed by atoms with E-state index >= 15 is 0 Å². The number of hydrogen-bond donors (Lipinski definition) is 0. The Bertz CT molecular complexity index is 811. The molecule has 124 valence electrons. The van der Waals surface area contributed by atoms with Crippen LogP contribution in [0.25, 0.3) is 0 Å². The zero-order chi connectivity index (χ0) is 17.3. The van der Waals surface area contributed by atoms with Gasteiger partial charge in [0.05, 0.1) is 11.4 Å². The van der Waals surface area contributed by atoms with Crippen LogP contribution in [-0.2, 0) is 4.79 Å². The predicted molar refractivity (Wildman–Crippen MR) is 108 cm³/mol. The van der Waals surface area contributed by atoms with Gasteiger partial charge in [0.2, 0.25) is 0 Å². The summed E-state index contributed by atoms with van der Waals surface area (Å²) in [7, 11) is 0. The second kappa shape index (κ2) is 7.05. The van der Waals surface area contributed by atoms with Crippen LogP contribution in [-0.4, -0.2) is 18.2 Å². The van der Waals surface area contributed by atoms with Gasteiger partial charge in [0.15, 0.2) is 0 Å². The van der Waals surface area contributed by atoms with Crippen LogP contribution in [0, 0.1) is 16.4 Å². The van der Waals surface area contributed by atoms with Gasteiger partial charge in [0.1, 0.15) is 5.71 Å². The largest absolute Gasteiger partial charge is 0.306 e. The SMILES string of the molecule is Cc1cc(N=C2C(=O)N(CCC(C)C)c3ccccc32)ccc1I. The van der Waals surface area contributed by atoms with E-state index in [9.17, 15) is 4.79 Å². The highest BCUT2D eigenvalue weighted by atomic mass is 127. The van der Waals surface area contributed by atoms with E-state index in [1.54, 1.807) is 0 Å². The minimum absolute atomic E-state index is 0.00746. The van der Waals surface area contributed by atoms with Gasteiger partial charge in [0, 0.05) is 15.7 Å². The molecule has 0 saturated heterocycles. The molecule has 1 heterocycles. The molecule has 0 N–H and O–H groups in total. The number of amides is 1. The van der Waals surface area contributed by atoms with E-state index < -0.39 is 0 Å². The molecule has 2 aromatic carbocycles. The molecule has 0 bridgehead atoms. The number of para-hydroxylation sites is 1. The quantitative estimate of drug-likeness (QED) is 0.618. The zero-order valence-corrected chi connectivity index (χ0v) is 16.4. The van der Waals surface area contributed by atoms with E-state index in [1.165, 1.54) is 9.13 Å². The number of anilines is 1. The maximum Gasteiger partial charge on any atom is 0.277 e. The number of carbonyl (C=O) groups excluding carboxylic acids is 1. The van der Waals surface area contributed by atoms with Crippen molar-refractivity contribution in [2.45, 2.75) is 27.2 Å². The first-order valence-electron chi connectivity index (χ1n) is 8.23. The van der Waals surface area contributed by atoms with Gasteiger partial charge in [-0.1, -0.05) is 32.0 Å². The minimum atomic E-state index is 0.00746. The molecule has 3 rings (SSSR count). The molecule has 0 atom stereocenters. The van der Waals surface area contributed by atoms with E-state index in [-0.39, 0.29) is 5.91 Å². The molecule has 0 aromatic heterocycles. The summed E-state index contributed by atoms with van der Waals surface area (Å²) >= 11 is 2.31. The lowest BCUT2D eigenvalue weighted by Crippen LogP contribution is -2.31. The fourth-order valence-corrected chi connectivity index (χ4v) is 3.14. The Kier molecular flexibility index (Phi) is 5.04. The molecule has 0 fully saturated rings. The predicted octanol–water partition coefficient (Wildman–Crippen LogP) is 5.11. The van der Waals surface area contributed by atoms with Crippen LogP contribution in [0.5, 0.6) is 0 Å². The van der Waals surface area contributed by atoms with Crippen LogP contribution in [0.3, 0.4) is 0 Å². The summed E-state index contributed by atoms with van der Waals surface area (Å²) in [4.78, 5) is 19.5. The van der Waals surface area contributed by atoms with Gasteiger partial charge in [0.25, 0.3) is 5.91 Å². The summed E-state index contributed by atoms with van der Waals surface area (Å²) in [5.74, 6) is 0.567. The smallest absolute Gasteiger partial charge is 0.277 e. The first-order chi connectivity index (χ1) is 11.5. The summed E-state index contributed by atoms with van der Waals surface area (Å²) in [6.07, 6.45) is 0.982. The van der Waals surface area contributed by atoms with Crippen LogP contribution in [0.15, 0.2) is 47.5 Å². The van der Waals surface area contributed by atoms with Gasteiger partial charge in [-0.05, 0) is 71.7 Å². The van der Waals surface area contributed by atoms with Gasteiger partial charge < -0.3 is 4.90 Å². The minimum Gasteiger partial charge on any atom is -0.306 e. The normalized spacial score (nSPS) is 15.5. The first kappa shape index (κ1) is 17.1. The molecular weight excluding hydrogens is 411 g/mol. The first-order valence-corrected chi connectivity index (χ1v) is 9.31. The summed E-state index contributed by atoms with van der Waals surface area (Å²) < 4.78 is 1.20. The molecule has 0 spiro atoms. The number of fused-ring (bicyclic) bond motifs is 1. The van der Waals surface area contributed by atoms with Gasteiger partial charge in [-0.3, -0.25) is 4.79 Å². The molecule has 0 aliphatic carbocycles. The molecule has 4 heteroatoms. The van der Waals surface area contributed by atoms with Gasteiger partial charge in [-0.25, -0.2) is 4.99 Å². The third-order valence-corrected chi connectivity index (χ3v) is 5.42.